The number of rotatable bonds is 4. The summed E-state index contributed by atoms with van der Waals surface area (Å²) in [5.41, 5.74) is 5.73. The molecular weight excluding hydrogens is 340 g/mol. The molecule has 0 unspecified atom stereocenters. The number of aromatic nitrogens is 3. The van der Waals surface area contributed by atoms with Crippen LogP contribution >= 0.6 is 11.6 Å². The Morgan fingerprint density at radius 2 is 2.00 bits per heavy atom. The van der Waals surface area contributed by atoms with Gasteiger partial charge < -0.3 is 5.32 Å². The van der Waals surface area contributed by atoms with Gasteiger partial charge in [-0.3, -0.25) is 10.2 Å². The average molecular weight is 355 g/mol. The number of nitrogens with zero attached hydrogens (tertiary/aromatic N) is 3. The highest BCUT2D eigenvalue weighted by Crippen LogP contribution is 2.22. The monoisotopic (exact) mass is 354 g/mol. The van der Waals surface area contributed by atoms with Gasteiger partial charge in [-0.1, -0.05) is 17.7 Å². The maximum absolute atomic E-state index is 11.7. The molecule has 25 heavy (non-hydrogen) atoms. The molecule has 0 atom stereocenters. The second kappa shape index (κ2) is 7.25. The van der Waals surface area contributed by atoms with Crippen LogP contribution in [0.1, 0.15) is 15.9 Å². The molecule has 0 aliphatic carbocycles. The molecule has 4 N–H and O–H groups in total. The Bertz CT molecular complexity index is 913. The number of carbonyl (C=O) groups is 1. The Labute approximate surface area is 149 Å². The van der Waals surface area contributed by atoms with Gasteiger partial charge in [0.25, 0.3) is 5.91 Å². The fourth-order valence-corrected chi connectivity index (χ4v) is 2.32. The predicted octanol–water partition coefficient (Wildman–Crippen LogP) is 2.85. The van der Waals surface area contributed by atoms with E-state index in [-0.39, 0.29) is 5.91 Å². The number of nitrogens with one attached hydrogen (secondary N) is 2. The topological polar surface area (TPSA) is 106 Å². The fourth-order valence-electron chi connectivity index (χ4n) is 2.21. The van der Waals surface area contributed by atoms with Crippen LogP contribution < -0.4 is 16.6 Å². The molecule has 7 nitrogen and oxygen atoms in total. The van der Waals surface area contributed by atoms with Gasteiger partial charge in [0.1, 0.15) is 5.15 Å². The quantitative estimate of drug-likeness (QED) is 0.288. The van der Waals surface area contributed by atoms with Crippen molar-refractivity contribution >= 4 is 29.1 Å². The molecule has 8 heteroatoms. The van der Waals surface area contributed by atoms with E-state index in [0.29, 0.717) is 28.0 Å². The Morgan fingerprint density at radius 1 is 1.16 bits per heavy atom. The predicted molar refractivity (Wildman–Crippen MR) is 96.4 cm³/mol. The first-order valence-electron chi connectivity index (χ1n) is 7.40. The van der Waals surface area contributed by atoms with E-state index < -0.39 is 0 Å². The highest BCUT2D eigenvalue weighted by atomic mass is 35.5. The van der Waals surface area contributed by atoms with Crippen LogP contribution in [0.4, 0.5) is 11.6 Å². The summed E-state index contributed by atoms with van der Waals surface area (Å²) in [6.07, 6.45) is 3.29. The number of aryl methyl sites for hydroxylation is 1. The van der Waals surface area contributed by atoms with Gasteiger partial charge in [-0.2, -0.15) is 0 Å². The van der Waals surface area contributed by atoms with E-state index in [0.717, 1.165) is 11.1 Å². The van der Waals surface area contributed by atoms with Crippen LogP contribution in [0.5, 0.6) is 0 Å². The van der Waals surface area contributed by atoms with Crippen LogP contribution in [0.2, 0.25) is 5.15 Å². The molecule has 0 saturated carbocycles. The largest absolute Gasteiger partial charge is 0.324 e. The molecular formula is C17H15ClN6O. The van der Waals surface area contributed by atoms with Crippen molar-refractivity contribution in [2.45, 2.75) is 6.92 Å². The molecule has 2 heterocycles. The molecule has 0 aliphatic heterocycles. The zero-order chi connectivity index (χ0) is 17.8. The number of hydrogen-bond donors (Lipinski definition) is 3. The highest BCUT2D eigenvalue weighted by Gasteiger charge is 2.09. The lowest BCUT2D eigenvalue weighted by Crippen LogP contribution is -2.30. The Hall–Kier alpha value is -3.03. The maximum Gasteiger partial charge on any atom is 0.265 e. The van der Waals surface area contributed by atoms with Crippen molar-refractivity contribution in [2.24, 2.45) is 5.84 Å². The molecule has 126 valence electrons. The maximum atomic E-state index is 11.7. The molecule has 0 fully saturated rings. The molecule has 1 aromatic carbocycles. The summed E-state index contributed by atoms with van der Waals surface area (Å²) in [6.45, 7) is 1.92. The summed E-state index contributed by atoms with van der Waals surface area (Å²) in [5, 5.41) is 3.54. The molecule has 0 radical (unpaired) electrons. The third-order valence-electron chi connectivity index (χ3n) is 3.56. The lowest BCUT2D eigenvalue weighted by molar-refractivity contribution is 0.0953. The molecule has 0 aliphatic rings. The Kier molecular flexibility index (Phi) is 4.87. The third kappa shape index (κ3) is 3.90. The number of carbonyl (C=O) groups excluding carboxylic acids is 1. The van der Waals surface area contributed by atoms with Crippen molar-refractivity contribution in [1.29, 1.82) is 0 Å². The van der Waals surface area contributed by atoms with Gasteiger partial charge in [-0.15, -0.1) is 0 Å². The van der Waals surface area contributed by atoms with E-state index in [4.69, 9.17) is 17.4 Å². The molecule has 0 saturated heterocycles. The van der Waals surface area contributed by atoms with Crippen LogP contribution in [0, 0.1) is 6.92 Å². The number of hydrazine groups is 1. The number of hydrogen-bond acceptors (Lipinski definition) is 6. The van der Waals surface area contributed by atoms with Gasteiger partial charge in [0.05, 0.1) is 5.69 Å². The minimum absolute atomic E-state index is 0.370. The highest BCUT2D eigenvalue weighted by molar-refractivity contribution is 6.29. The molecule has 0 bridgehead atoms. The van der Waals surface area contributed by atoms with E-state index in [1.54, 1.807) is 36.7 Å². The fraction of sp³-hybridized carbons (Fsp3) is 0.0588. The van der Waals surface area contributed by atoms with Crippen LogP contribution in [-0.2, 0) is 0 Å². The van der Waals surface area contributed by atoms with Gasteiger partial charge in [-0.25, -0.2) is 20.8 Å². The first-order valence-corrected chi connectivity index (χ1v) is 7.78. The lowest BCUT2D eigenvalue weighted by Gasteiger charge is -2.11. The minimum atomic E-state index is -0.370. The Balaban J connectivity index is 1.90. The number of nitrogens with two attached hydrogens (primary N) is 1. The summed E-state index contributed by atoms with van der Waals surface area (Å²) >= 11 is 5.81. The zero-order valence-electron chi connectivity index (χ0n) is 13.3. The number of nitrogen functional groups attached to an aromatic ring is 1. The summed E-state index contributed by atoms with van der Waals surface area (Å²) in [6, 6.07) is 10.5. The second-order valence-corrected chi connectivity index (χ2v) is 5.65. The number of anilines is 2. The van der Waals surface area contributed by atoms with Crippen LogP contribution in [0.25, 0.3) is 11.3 Å². The van der Waals surface area contributed by atoms with Crippen molar-refractivity contribution in [3.8, 4) is 11.3 Å². The van der Waals surface area contributed by atoms with Gasteiger partial charge in [0.15, 0.2) is 0 Å². The summed E-state index contributed by atoms with van der Waals surface area (Å²) in [7, 11) is 0. The summed E-state index contributed by atoms with van der Waals surface area (Å²) in [4.78, 5) is 24.4. The van der Waals surface area contributed by atoms with Gasteiger partial charge in [0, 0.05) is 29.2 Å². The van der Waals surface area contributed by atoms with Gasteiger partial charge in [0.2, 0.25) is 5.95 Å². The van der Waals surface area contributed by atoms with E-state index in [9.17, 15) is 4.79 Å². The smallest absolute Gasteiger partial charge is 0.265 e. The summed E-state index contributed by atoms with van der Waals surface area (Å²) < 4.78 is 0. The number of halogens is 1. The van der Waals surface area contributed by atoms with Crippen molar-refractivity contribution in [3.05, 3.63) is 65.1 Å². The first kappa shape index (κ1) is 16.8. The van der Waals surface area contributed by atoms with Crippen molar-refractivity contribution in [3.63, 3.8) is 0 Å². The van der Waals surface area contributed by atoms with Gasteiger partial charge in [-0.05, 0) is 42.8 Å². The molecule has 2 aromatic heterocycles. The normalized spacial score (nSPS) is 10.4. The van der Waals surface area contributed by atoms with Crippen molar-refractivity contribution in [1.82, 2.24) is 20.4 Å². The van der Waals surface area contributed by atoms with Crippen LogP contribution in [0.3, 0.4) is 0 Å². The minimum Gasteiger partial charge on any atom is -0.324 e. The van der Waals surface area contributed by atoms with Crippen molar-refractivity contribution in [2.75, 3.05) is 5.32 Å². The van der Waals surface area contributed by atoms with Gasteiger partial charge >= 0.3 is 0 Å². The van der Waals surface area contributed by atoms with E-state index in [2.05, 4.69) is 25.7 Å². The molecule has 0 spiro atoms. The molecule has 1 amide bonds. The SMILES string of the molecule is Cc1ccc(C(=O)NN)cc1Nc1nccc(-c2ccc(Cl)nc2)n1. The van der Waals surface area contributed by atoms with Crippen molar-refractivity contribution < 1.29 is 4.79 Å². The van der Waals surface area contributed by atoms with Crippen LogP contribution in [0.15, 0.2) is 48.8 Å². The molecule has 3 aromatic rings. The van der Waals surface area contributed by atoms with E-state index in [1.165, 1.54) is 0 Å². The van der Waals surface area contributed by atoms with E-state index >= 15 is 0 Å². The Morgan fingerprint density at radius 3 is 2.72 bits per heavy atom. The average Bonchev–Trinajstić information content (AvgIpc) is 2.64. The standard InChI is InChI=1S/C17H15ClN6O/c1-10-2-3-11(16(25)24-19)8-14(10)23-17-20-7-6-13(22-17)12-4-5-15(18)21-9-12/h2-9H,19H2,1H3,(H,24,25)(H,20,22,23). The summed E-state index contributed by atoms with van der Waals surface area (Å²) in [5.74, 6) is 5.21. The zero-order valence-corrected chi connectivity index (χ0v) is 14.1. The lowest BCUT2D eigenvalue weighted by atomic mass is 10.1. The number of pyridine rings is 1. The number of amides is 1. The van der Waals surface area contributed by atoms with E-state index in [1.807, 2.05) is 19.1 Å². The molecule has 3 rings (SSSR count). The third-order valence-corrected chi connectivity index (χ3v) is 3.78. The second-order valence-electron chi connectivity index (χ2n) is 5.26. The number of benzene rings is 1. The van der Waals surface area contributed by atoms with Crippen LogP contribution in [-0.4, -0.2) is 20.9 Å². The first-order chi connectivity index (χ1) is 12.1.